The second kappa shape index (κ2) is 15.5. The number of hydrazine groups is 1. The van der Waals surface area contributed by atoms with E-state index in [-0.39, 0.29) is 59.3 Å². The summed E-state index contributed by atoms with van der Waals surface area (Å²) in [5.41, 5.74) is 4.35. The number of nitrogens with zero attached hydrogens (tertiary/aromatic N) is 7. The van der Waals surface area contributed by atoms with Crippen molar-refractivity contribution in [2.24, 2.45) is 12.5 Å². The van der Waals surface area contributed by atoms with E-state index in [1.165, 1.54) is 18.9 Å². The van der Waals surface area contributed by atoms with Crippen molar-refractivity contribution >= 4 is 46.4 Å². The van der Waals surface area contributed by atoms with Gasteiger partial charge in [-0.25, -0.2) is 29.5 Å². The molecule has 0 aliphatic rings. The molecule has 1 aromatic carbocycles. The van der Waals surface area contributed by atoms with Crippen LogP contribution in [0.2, 0.25) is 0 Å². The molecule has 4 aromatic rings. The highest BCUT2D eigenvalue weighted by Crippen LogP contribution is 2.30. The summed E-state index contributed by atoms with van der Waals surface area (Å²) in [6.45, 7) is 14.1. The van der Waals surface area contributed by atoms with E-state index >= 15 is 0 Å². The highest BCUT2D eigenvalue weighted by atomic mass is 16.6. The molecule has 0 aliphatic carbocycles. The van der Waals surface area contributed by atoms with Crippen LogP contribution in [0.3, 0.4) is 0 Å². The van der Waals surface area contributed by atoms with Crippen LogP contribution in [0.15, 0.2) is 36.5 Å². The Balaban J connectivity index is 1.77. The molecule has 4 rings (SSSR count). The lowest BCUT2D eigenvalue weighted by Crippen LogP contribution is -2.38. The van der Waals surface area contributed by atoms with Gasteiger partial charge in [-0.3, -0.25) is 19.7 Å². The number of aryl methyl sites for hydroxylation is 2. The minimum absolute atomic E-state index is 0.0264. The molecule has 3 amide bonds. The molecule has 3 heterocycles. The first kappa shape index (κ1) is 38.8. The summed E-state index contributed by atoms with van der Waals surface area (Å²) < 4.78 is 7.20. The summed E-state index contributed by atoms with van der Waals surface area (Å²) in [7, 11) is 3.29. The van der Waals surface area contributed by atoms with E-state index in [0.717, 1.165) is 15.9 Å². The van der Waals surface area contributed by atoms with Gasteiger partial charge in [-0.15, -0.1) is 0 Å². The molecule has 15 heteroatoms. The first-order chi connectivity index (χ1) is 24.2. The minimum Gasteiger partial charge on any atom is -0.465 e. The van der Waals surface area contributed by atoms with Gasteiger partial charge in [0.15, 0.2) is 11.6 Å². The van der Waals surface area contributed by atoms with E-state index in [0.29, 0.717) is 11.1 Å². The van der Waals surface area contributed by atoms with Crippen LogP contribution >= 0.6 is 0 Å². The fourth-order valence-electron chi connectivity index (χ4n) is 5.16. The van der Waals surface area contributed by atoms with Crippen LogP contribution < -0.4 is 10.7 Å². The Morgan fingerprint density at radius 1 is 1.00 bits per heavy atom. The third kappa shape index (κ3) is 10.5. The van der Waals surface area contributed by atoms with Crippen molar-refractivity contribution in [1.82, 2.24) is 34.6 Å². The number of hydrogen-bond donors (Lipinski definition) is 3. The summed E-state index contributed by atoms with van der Waals surface area (Å²) in [4.78, 5) is 65.7. The molecule has 15 nitrogen and oxygen atoms in total. The number of aromatic nitrogens is 5. The number of ketones is 1. The van der Waals surface area contributed by atoms with E-state index in [2.05, 4.69) is 42.6 Å². The second-order valence-electron chi connectivity index (χ2n) is 14.5. The first-order valence-electron chi connectivity index (χ1n) is 16.6. The zero-order valence-electron chi connectivity index (χ0n) is 31.2. The van der Waals surface area contributed by atoms with Crippen LogP contribution in [0.5, 0.6) is 0 Å². The van der Waals surface area contributed by atoms with Crippen molar-refractivity contribution < 1.29 is 29.0 Å². The van der Waals surface area contributed by atoms with E-state index in [1.54, 1.807) is 50.7 Å². The van der Waals surface area contributed by atoms with Gasteiger partial charge in [-0.1, -0.05) is 26.7 Å². The Morgan fingerprint density at radius 3 is 2.35 bits per heavy atom. The maximum atomic E-state index is 13.2. The summed E-state index contributed by atoms with van der Waals surface area (Å²) in [6.07, 6.45) is -0.203. The zero-order chi connectivity index (χ0) is 38.5. The number of carbonyl (C=O) groups is 4. The zero-order valence-corrected chi connectivity index (χ0v) is 31.2. The minimum atomic E-state index is -1.12. The Labute approximate surface area is 302 Å². The van der Waals surface area contributed by atoms with Crippen molar-refractivity contribution in [2.75, 3.05) is 30.9 Å². The van der Waals surface area contributed by atoms with Gasteiger partial charge in [0.2, 0.25) is 5.91 Å². The normalized spacial score (nSPS) is 11.3. The van der Waals surface area contributed by atoms with Gasteiger partial charge in [0.1, 0.15) is 22.9 Å². The number of hydrogen-bond acceptors (Lipinski definition) is 10. The van der Waals surface area contributed by atoms with Gasteiger partial charge < -0.3 is 20.1 Å². The van der Waals surface area contributed by atoms with Crippen molar-refractivity contribution in [3.8, 4) is 23.1 Å². The van der Waals surface area contributed by atoms with Crippen LogP contribution in [0.1, 0.15) is 82.3 Å². The van der Waals surface area contributed by atoms with Gasteiger partial charge >= 0.3 is 12.2 Å². The number of pyridine rings is 1. The molecule has 0 bridgehead atoms. The van der Waals surface area contributed by atoms with Crippen molar-refractivity contribution in [2.45, 2.75) is 67.4 Å². The number of amides is 3. The van der Waals surface area contributed by atoms with Crippen LogP contribution in [-0.2, 0) is 16.6 Å². The molecule has 0 saturated heterocycles. The van der Waals surface area contributed by atoms with Crippen LogP contribution in [-0.4, -0.2) is 89.4 Å². The molecule has 3 N–H and O–H groups in total. The predicted octanol–water partition coefficient (Wildman–Crippen LogP) is 5.88. The molecule has 0 radical (unpaired) electrons. The van der Waals surface area contributed by atoms with Crippen molar-refractivity contribution in [3.05, 3.63) is 59.2 Å². The number of anilines is 2. The molecular formula is C37H45N9O6. The molecule has 274 valence electrons. The number of benzene rings is 1. The van der Waals surface area contributed by atoms with Gasteiger partial charge in [-0.2, -0.15) is 5.10 Å². The Morgan fingerprint density at radius 2 is 1.71 bits per heavy atom. The molecule has 52 heavy (non-hydrogen) atoms. The van der Waals surface area contributed by atoms with Crippen LogP contribution in [0, 0.1) is 24.2 Å². The standard InChI is InChI=1S/C37H45N9O6/c1-22(47)31-32(39-23(2)40-33(31)43-45(10)35(51)52-37(6,7)8)25-18-27(13-11-24-12-14-28-26(17-24)20-38-44(28)9)41-29(19-25)42-30(48)15-16-46(34(49)50)21-36(3,4)5/h12,14,17-20H,15-16,21H2,1-10H3,(H,49,50)(H,39,40,43)(H,41,42,48). The van der Waals surface area contributed by atoms with Crippen LogP contribution in [0.4, 0.5) is 21.2 Å². The molecule has 0 spiro atoms. The highest BCUT2D eigenvalue weighted by molar-refractivity contribution is 6.04. The van der Waals surface area contributed by atoms with E-state index in [4.69, 9.17) is 4.74 Å². The molecule has 0 saturated carbocycles. The maximum Gasteiger partial charge on any atom is 0.428 e. The summed E-state index contributed by atoms with van der Waals surface area (Å²) >= 11 is 0. The topological polar surface area (TPSA) is 185 Å². The smallest absolute Gasteiger partial charge is 0.428 e. The van der Waals surface area contributed by atoms with Crippen molar-refractivity contribution in [3.63, 3.8) is 0 Å². The molecular weight excluding hydrogens is 666 g/mol. The van der Waals surface area contributed by atoms with E-state index < -0.39 is 29.5 Å². The highest BCUT2D eigenvalue weighted by Gasteiger charge is 2.25. The lowest BCUT2D eigenvalue weighted by atomic mass is 9.96. The summed E-state index contributed by atoms with van der Waals surface area (Å²) in [5.74, 6) is 5.75. The molecule has 0 unspecified atom stereocenters. The number of nitrogens with one attached hydrogen (secondary N) is 2. The Kier molecular flexibility index (Phi) is 11.5. The number of carboxylic acid groups (broad SMARTS) is 1. The largest absolute Gasteiger partial charge is 0.465 e. The number of fused-ring (bicyclic) bond motifs is 1. The predicted molar refractivity (Wildman–Crippen MR) is 197 cm³/mol. The monoisotopic (exact) mass is 711 g/mol. The van der Waals surface area contributed by atoms with Gasteiger partial charge in [-0.05, 0) is 76.3 Å². The summed E-state index contributed by atoms with van der Waals surface area (Å²) in [5, 5.41) is 18.7. The maximum absolute atomic E-state index is 13.2. The third-order valence-electron chi connectivity index (χ3n) is 7.31. The molecule has 0 fully saturated rings. The number of carbonyl (C=O) groups excluding carboxylic acids is 3. The quantitative estimate of drug-likeness (QED) is 0.107. The fourth-order valence-corrected chi connectivity index (χ4v) is 5.16. The van der Waals surface area contributed by atoms with Crippen molar-refractivity contribution in [1.29, 1.82) is 0 Å². The number of rotatable bonds is 9. The van der Waals surface area contributed by atoms with Gasteiger partial charge in [0.25, 0.3) is 0 Å². The van der Waals surface area contributed by atoms with E-state index in [1.807, 2.05) is 46.0 Å². The van der Waals surface area contributed by atoms with E-state index in [9.17, 15) is 24.3 Å². The average Bonchev–Trinajstić information content (AvgIpc) is 3.39. The lowest BCUT2D eigenvalue weighted by Gasteiger charge is -2.27. The number of Topliss-reactive ketones (excluding diaryl/α,β-unsaturated/α-hetero) is 1. The van der Waals surface area contributed by atoms with Gasteiger partial charge in [0.05, 0.1) is 23.0 Å². The summed E-state index contributed by atoms with van der Waals surface area (Å²) in [6, 6.07) is 8.85. The average molecular weight is 712 g/mol. The Hall–Kier alpha value is -6.04. The SMILES string of the molecule is CC(=O)c1c(NN(C)C(=O)OC(C)(C)C)nc(C)nc1-c1cc(C#Cc2ccc3c(cnn3C)c2)nc(NC(=O)CCN(CC(C)(C)C)C(=O)O)c1. The molecule has 0 atom stereocenters. The second-order valence-corrected chi connectivity index (χ2v) is 14.5. The number of ether oxygens (including phenoxy) is 1. The van der Waals surface area contributed by atoms with Gasteiger partial charge in [0, 0.05) is 50.1 Å². The first-order valence-corrected chi connectivity index (χ1v) is 16.6. The fraction of sp³-hybridized carbons (Fsp3) is 0.405. The third-order valence-corrected chi connectivity index (χ3v) is 7.31. The molecule has 3 aromatic heterocycles. The lowest BCUT2D eigenvalue weighted by molar-refractivity contribution is -0.116. The molecule has 0 aliphatic heterocycles. The Bertz CT molecular complexity index is 2080. The van der Waals surface area contributed by atoms with Crippen LogP contribution in [0.25, 0.3) is 22.2 Å².